The van der Waals surface area contributed by atoms with Crippen molar-refractivity contribution in [2.45, 2.75) is 16.4 Å². The van der Waals surface area contributed by atoms with Gasteiger partial charge >= 0.3 is 6.61 Å². The number of sulfone groups is 1. The summed E-state index contributed by atoms with van der Waals surface area (Å²) in [5.74, 6) is -0.186. The van der Waals surface area contributed by atoms with Gasteiger partial charge in [0, 0.05) is 31.9 Å². The first kappa shape index (κ1) is 20.4. The molecule has 0 aliphatic carbocycles. The molecule has 1 saturated heterocycles. The minimum absolute atomic E-state index is 0. The van der Waals surface area contributed by atoms with Gasteiger partial charge in [-0.1, -0.05) is 12.1 Å². The van der Waals surface area contributed by atoms with Crippen LogP contribution in [0, 0.1) is 0 Å². The van der Waals surface area contributed by atoms with Gasteiger partial charge in [-0.05, 0) is 36.4 Å². The fourth-order valence-corrected chi connectivity index (χ4v) is 4.06. The molecular formula is C17H19ClF2N2O3S. The van der Waals surface area contributed by atoms with Crippen molar-refractivity contribution in [1.82, 2.24) is 5.32 Å². The Bertz CT molecular complexity index is 843. The predicted octanol–water partition coefficient (Wildman–Crippen LogP) is 2.95. The molecule has 2 aromatic carbocycles. The van der Waals surface area contributed by atoms with Gasteiger partial charge in [-0.25, -0.2) is 8.42 Å². The molecule has 0 radical (unpaired) electrons. The number of nitrogens with zero attached hydrogens (tertiary/aromatic N) is 1. The average Bonchev–Trinajstić information content (AvgIpc) is 2.62. The molecule has 2 aromatic rings. The maximum absolute atomic E-state index is 12.8. The first-order valence-electron chi connectivity index (χ1n) is 7.82. The van der Waals surface area contributed by atoms with Gasteiger partial charge < -0.3 is 15.0 Å². The van der Waals surface area contributed by atoms with Gasteiger partial charge in [0.25, 0.3) is 0 Å². The van der Waals surface area contributed by atoms with Crippen LogP contribution >= 0.6 is 12.4 Å². The Labute approximate surface area is 157 Å². The van der Waals surface area contributed by atoms with Crippen molar-refractivity contribution in [2.24, 2.45) is 0 Å². The third kappa shape index (κ3) is 4.63. The topological polar surface area (TPSA) is 58.6 Å². The molecule has 0 unspecified atom stereocenters. The summed E-state index contributed by atoms with van der Waals surface area (Å²) < 4.78 is 54.7. The number of hydrogen-bond donors (Lipinski definition) is 1. The Morgan fingerprint density at radius 1 is 1.00 bits per heavy atom. The van der Waals surface area contributed by atoms with Gasteiger partial charge in [0.1, 0.15) is 5.75 Å². The minimum atomic E-state index is -3.83. The van der Waals surface area contributed by atoms with E-state index in [2.05, 4.69) is 15.0 Å². The lowest BCUT2D eigenvalue weighted by molar-refractivity contribution is -0.0499. The van der Waals surface area contributed by atoms with Crippen LogP contribution in [0.4, 0.5) is 14.5 Å². The van der Waals surface area contributed by atoms with Crippen molar-refractivity contribution in [1.29, 1.82) is 0 Å². The van der Waals surface area contributed by atoms with Crippen molar-refractivity contribution < 1.29 is 21.9 Å². The van der Waals surface area contributed by atoms with Crippen LogP contribution in [-0.2, 0) is 9.84 Å². The summed E-state index contributed by atoms with van der Waals surface area (Å²) in [6, 6.07) is 11.8. The maximum Gasteiger partial charge on any atom is 0.387 e. The highest BCUT2D eigenvalue weighted by Crippen LogP contribution is 2.27. The molecule has 0 aromatic heterocycles. The van der Waals surface area contributed by atoms with E-state index in [1.165, 1.54) is 24.3 Å². The molecule has 1 aliphatic heterocycles. The number of ether oxygens (including phenoxy) is 1. The zero-order valence-electron chi connectivity index (χ0n) is 13.8. The number of halogens is 3. The molecule has 0 spiro atoms. The quantitative estimate of drug-likeness (QED) is 0.830. The molecule has 5 nitrogen and oxygen atoms in total. The van der Waals surface area contributed by atoms with Crippen LogP contribution in [0.1, 0.15) is 0 Å². The van der Waals surface area contributed by atoms with Crippen LogP contribution in [0.5, 0.6) is 5.75 Å². The predicted molar refractivity (Wildman–Crippen MR) is 97.3 cm³/mol. The third-order valence-electron chi connectivity index (χ3n) is 3.95. The van der Waals surface area contributed by atoms with E-state index in [1.807, 2.05) is 6.07 Å². The Hall–Kier alpha value is -1.90. The molecule has 1 N–H and O–H groups in total. The van der Waals surface area contributed by atoms with Crippen molar-refractivity contribution in [3.8, 4) is 5.75 Å². The van der Waals surface area contributed by atoms with Gasteiger partial charge in [-0.15, -0.1) is 12.4 Å². The van der Waals surface area contributed by atoms with Gasteiger partial charge in [0.2, 0.25) is 9.84 Å². The summed E-state index contributed by atoms with van der Waals surface area (Å²) >= 11 is 0. The highest BCUT2D eigenvalue weighted by molar-refractivity contribution is 7.91. The zero-order chi connectivity index (χ0) is 17.9. The lowest BCUT2D eigenvalue weighted by atomic mass is 10.2. The molecule has 1 heterocycles. The summed E-state index contributed by atoms with van der Waals surface area (Å²) in [7, 11) is -3.83. The Morgan fingerprint density at radius 2 is 1.62 bits per heavy atom. The van der Waals surface area contributed by atoms with E-state index >= 15 is 0 Å². The third-order valence-corrected chi connectivity index (χ3v) is 5.70. The summed E-state index contributed by atoms with van der Waals surface area (Å²) in [6.07, 6.45) is 0. The fraction of sp³-hybridized carbons (Fsp3) is 0.294. The van der Waals surface area contributed by atoms with E-state index in [0.29, 0.717) is 0 Å². The van der Waals surface area contributed by atoms with Crippen molar-refractivity contribution in [3.63, 3.8) is 0 Å². The largest absolute Gasteiger partial charge is 0.435 e. The molecule has 3 rings (SSSR count). The second-order valence-electron chi connectivity index (χ2n) is 5.59. The highest BCUT2D eigenvalue weighted by Gasteiger charge is 2.20. The zero-order valence-corrected chi connectivity index (χ0v) is 15.4. The number of hydrogen-bond acceptors (Lipinski definition) is 5. The summed E-state index contributed by atoms with van der Waals surface area (Å²) in [5, 5.41) is 3.24. The Kier molecular flexibility index (Phi) is 6.80. The van der Waals surface area contributed by atoms with Crippen molar-refractivity contribution in [2.75, 3.05) is 31.1 Å². The van der Waals surface area contributed by atoms with Crippen LogP contribution in [0.25, 0.3) is 0 Å². The summed E-state index contributed by atoms with van der Waals surface area (Å²) in [4.78, 5) is 2.15. The van der Waals surface area contributed by atoms with E-state index in [0.717, 1.165) is 37.9 Å². The van der Waals surface area contributed by atoms with E-state index in [9.17, 15) is 17.2 Å². The summed E-state index contributed by atoms with van der Waals surface area (Å²) in [5.41, 5.74) is 0.822. The highest BCUT2D eigenvalue weighted by atomic mass is 35.5. The molecule has 0 amide bonds. The number of benzene rings is 2. The lowest BCUT2D eigenvalue weighted by Gasteiger charge is -2.29. The average molecular weight is 405 g/mol. The first-order chi connectivity index (χ1) is 12.0. The lowest BCUT2D eigenvalue weighted by Crippen LogP contribution is -2.43. The second kappa shape index (κ2) is 8.66. The second-order valence-corrected chi connectivity index (χ2v) is 7.54. The number of alkyl halides is 2. The Morgan fingerprint density at radius 3 is 2.27 bits per heavy atom. The Balaban J connectivity index is 0.00000243. The number of anilines is 1. The van der Waals surface area contributed by atoms with E-state index < -0.39 is 16.4 Å². The van der Waals surface area contributed by atoms with Gasteiger partial charge in [-0.2, -0.15) is 8.78 Å². The minimum Gasteiger partial charge on any atom is -0.435 e. The van der Waals surface area contributed by atoms with Crippen molar-refractivity contribution >= 4 is 27.9 Å². The van der Waals surface area contributed by atoms with Crippen molar-refractivity contribution in [3.05, 3.63) is 48.5 Å². The standard InChI is InChI=1S/C17H18F2N2O3S.ClH/c18-17(19)24-14-4-2-6-16(12-14)25(22,23)15-5-1-3-13(11-15)21-9-7-20-8-10-21;/h1-6,11-12,17,20H,7-10H2;1H. The van der Waals surface area contributed by atoms with E-state index in [-0.39, 0.29) is 27.9 Å². The molecular weight excluding hydrogens is 386 g/mol. The summed E-state index contributed by atoms with van der Waals surface area (Å²) in [6.45, 7) is 0.255. The maximum atomic E-state index is 12.8. The van der Waals surface area contributed by atoms with Crippen LogP contribution in [0.15, 0.2) is 58.3 Å². The number of rotatable bonds is 5. The van der Waals surface area contributed by atoms with Gasteiger partial charge in [-0.3, -0.25) is 0 Å². The number of piperazine rings is 1. The molecule has 1 fully saturated rings. The van der Waals surface area contributed by atoms with Crippen LogP contribution in [0.3, 0.4) is 0 Å². The molecule has 0 bridgehead atoms. The molecule has 26 heavy (non-hydrogen) atoms. The first-order valence-corrected chi connectivity index (χ1v) is 9.31. The molecule has 0 atom stereocenters. The van der Waals surface area contributed by atoms with Crippen LogP contribution < -0.4 is 15.0 Å². The smallest absolute Gasteiger partial charge is 0.387 e. The van der Waals surface area contributed by atoms with Gasteiger partial charge in [0.15, 0.2) is 0 Å². The van der Waals surface area contributed by atoms with Gasteiger partial charge in [0.05, 0.1) is 9.79 Å². The molecule has 0 saturated carbocycles. The molecule has 142 valence electrons. The molecule has 9 heteroatoms. The molecule has 1 aliphatic rings. The number of nitrogens with one attached hydrogen (secondary N) is 1. The fourth-order valence-electron chi connectivity index (χ4n) is 2.72. The van der Waals surface area contributed by atoms with Crippen LogP contribution in [-0.4, -0.2) is 41.2 Å². The normalized spacial score (nSPS) is 14.8. The van der Waals surface area contributed by atoms with Crippen LogP contribution in [0.2, 0.25) is 0 Å². The SMILES string of the molecule is Cl.O=S(=O)(c1cccc(OC(F)F)c1)c1cccc(N2CCNCC2)c1. The van der Waals surface area contributed by atoms with E-state index in [1.54, 1.807) is 12.1 Å². The monoisotopic (exact) mass is 404 g/mol. The van der Waals surface area contributed by atoms with E-state index in [4.69, 9.17) is 0 Å².